The van der Waals surface area contributed by atoms with Gasteiger partial charge in [-0.05, 0) is 12.0 Å². The van der Waals surface area contributed by atoms with Gasteiger partial charge in [-0.3, -0.25) is 0 Å². The first-order chi connectivity index (χ1) is 4.93. The molecule has 0 amide bonds. The summed E-state index contributed by atoms with van der Waals surface area (Å²) in [5.74, 6) is 0. The zero-order valence-corrected chi connectivity index (χ0v) is 8.79. The quantitative estimate of drug-likeness (QED) is 0.404. The molecule has 0 aliphatic carbocycles. The summed E-state index contributed by atoms with van der Waals surface area (Å²) < 4.78 is 0. The van der Waals surface area contributed by atoms with E-state index in [9.17, 15) is 4.79 Å². The summed E-state index contributed by atoms with van der Waals surface area (Å²) in [5, 5.41) is 0. The second-order valence-corrected chi connectivity index (χ2v) is 2.19. The molecular formula is C9H11NaO. The van der Waals surface area contributed by atoms with Gasteiger partial charge in [0.25, 0.3) is 0 Å². The van der Waals surface area contributed by atoms with Crippen molar-refractivity contribution in [3.63, 3.8) is 0 Å². The number of hydrogen-bond donors (Lipinski definition) is 0. The molecule has 1 nitrogen and oxygen atoms in total. The molecule has 0 aromatic heterocycles. The molecule has 0 heterocycles. The van der Waals surface area contributed by atoms with E-state index >= 15 is 0 Å². The molecular weight excluding hydrogens is 147 g/mol. The van der Waals surface area contributed by atoms with E-state index in [2.05, 4.69) is 0 Å². The predicted octanol–water partition coefficient (Wildman–Crippen LogP) is -1.07. The monoisotopic (exact) mass is 158 g/mol. The Bertz CT molecular complexity index is 201. The zero-order chi connectivity index (χ0) is 7.23. The average Bonchev–Trinajstić information content (AvgIpc) is 2.03. The Morgan fingerprint density at radius 3 is 2.45 bits per heavy atom. The molecule has 0 bridgehead atoms. The fraction of sp³-hybridized carbons (Fsp3) is 0.222. The van der Waals surface area contributed by atoms with Crippen LogP contribution in [0.15, 0.2) is 30.3 Å². The Kier molecular flexibility index (Phi) is 6.52. The van der Waals surface area contributed by atoms with E-state index in [-0.39, 0.29) is 31.0 Å². The fourth-order valence-electron chi connectivity index (χ4n) is 0.870. The molecule has 0 saturated carbocycles. The first-order valence-electron chi connectivity index (χ1n) is 3.41. The van der Waals surface area contributed by atoms with Gasteiger partial charge in [0.2, 0.25) is 0 Å². The van der Waals surface area contributed by atoms with Crippen molar-refractivity contribution in [2.75, 3.05) is 0 Å². The summed E-state index contributed by atoms with van der Waals surface area (Å²) in [5.41, 5.74) is 1.23. The van der Waals surface area contributed by atoms with Gasteiger partial charge in [-0.15, -0.1) is 0 Å². The number of benzene rings is 1. The smallest absolute Gasteiger partial charge is 1.00 e. The van der Waals surface area contributed by atoms with Crippen LogP contribution in [-0.4, -0.2) is 6.29 Å². The summed E-state index contributed by atoms with van der Waals surface area (Å²) in [6.45, 7) is 0. The maximum absolute atomic E-state index is 9.98. The normalized spacial score (nSPS) is 8.36. The van der Waals surface area contributed by atoms with Crippen molar-refractivity contribution in [3.05, 3.63) is 35.9 Å². The van der Waals surface area contributed by atoms with E-state index in [1.54, 1.807) is 0 Å². The van der Waals surface area contributed by atoms with Gasteiger partial charge < -0.3 is 6.22 Å². The van der Waals surface area contributed by atoms with Gasteiger partial charge in [0.1, 0.15) is 6.29 Å². The Hall–Kier alpha value is -0.110. The molecule has 0 radical (unpaired) electrons. The van der Waals surface area contributed by atoms with Gasteiger partial charge >= 0.3 is 29.6 Å². The summed E-state index contributed by atoms with van der Waals surface area (Å²) in [7, 11) is 0. The third kappa shape index (κ3) is 4.35. The first-order valence-corrected chi connectivity index (χ1v) is 3.41. The fourth-order valence-corrected chi connectivity index (χ4v) is 0.870. The van der Waals surface area contributed by atoms with Crippen molar-refractivity contribution in [3.8, 4) is 0 Å². The van der Waals surface area contributed by atoms with Crippen LogP contribution in [0.2, 0.25) is 0 Å². The Morgan fingerprint density at radius 2 is 1.91 bits per heavy atom. The molecule has 54 valence electrons. The van der Waals surface area contributed by atoms with Gasteiger partial charge in [0, 0.05) is 6.42 Å². The van der Waals surface area contributed by atoms with Crippen LogP contribution in [0.4, 0.5) is 0 Å². The predicted molar refractivity (Wildman–Crippen MR) is 41.9 cm³/mol. The van der Waals surface area contributed by atoms with E-state index in [0.29, 0.717) is 6.42 Å². The van der Waals surface area contributed by atoms with Crippen LogP contribution in [0.1, 0.15) is 13.4 Å². The minimum atomic E-state index is 0. The van der Waals surface area contributed by atoms with Crippen molar-refractivity contribution in [1.82, 2.24) is 0 Å². The van der Waals surface area contributed by atoms with Crippen molar-refractivity contribution >= 4 is 6.29 Å². The maximum Gasteiger partial charge on any atom is 1.00 e. The van der Waals surface area contributed by atoms with E-state index in [1.165, 1.54) is 5.56 Å². The van der Waals surface area contributed by atoms with Gasteiger partial charge in [0.15, 0.2) is 0 Å². The standard InChI is InChI=1S/C9H10O.Na.H/c10-8-4-7-9-5-2-1-3-6-9;;/h1-3,5-6,8H,4,7H2;;/q;+1;-1. The van der Waals surface area contributed by atoms with E-state index in [1.807, 2.05) is 30.3 Å². The zero-order valence-electron chi connectivity index (χ0n) is 7.79. The second-order valence-electron chi connectivity index (χ2n) is 2.19. The van der Waals surface area contributed by atoms with E-state index in [4.69, 9.17) is 0 Å². The van der Waals surface area contributed by atoms with Crippen LogP contribution < -0.4 is 29.6 Å². The summed E-state index contributed by atoms with van der Waals surface area (Å²) in [4.78, 5) is 9.98. The molecule has 0 N–H and O–H groups in total. The molecule has 0 unspecified atom stereocenters. The Morgan fingerprint density at radius 1 is 1.27 bits per heavy atom. The number of hydrogen-bond acceptors (Lipinski definition) is 1. The minimum absolute atomic E-state index is 0. The van der Waals surface area contributed by atoms with Crippen LogP contribution in [0, 0.1) is 0 Å². The number of aryl methyl sites for hydroxylation is 1. The molecule has 2 heteroatoms. The summed E-state index contributed by atoms with van der Waals surface area (Å²) >= 11 is 0. The second kappa shape index (κ2) is 6.59. The third-order valence-corrected chi connectivity index (χ3v) is 1.39. The minimum Gasteiger partial charge on any atom is -1.00 e. The van der Waals surface area contributed by atoms with E-state index in [0.717, 1.165) is 12.7 Å². The van der Waals surface area contributed by atoms with Crippen molar-refractivity contribution in [2.24, 2.45) is 0 Å². The molecule has 1 rings (SSSR count). The Labute approximate surface area is 90.6 Å². The van der Waals surface area contributed by atoms with Gasteiger partial charge in [-0.1, -0.05) is 30.3 Å². The van der Waals surface area contributed by atoms with Crippen LogP contribution >= 0.6 is 0 Å². The van der Waals surface area contributed by atoms with Crippen molar-refractivity contribution in [1.29, 1.82) is 0 Å². The SMILES string of the molecule is O=CCCc1ccccc1.[H-].[Na+]. The van der Waals surface area contributed by atoms with Crippen LogP contribution in [-0.2, 0) is 11.2 Å². The molecule has 0 aliphatic heterocycles. The van der Waals surface area contributed by atoms with Crippen LogP contribution in [0.25, 0.3) is 0 Å². The van der Waals surface area contributed by atoms with E-state index < -0.39 is 0 Å². The molecule has 0 spiro atoms. The largest absolute Gasteiger partial charge is 1.00 e. The van der Waals surface area contributed by atoms with Gasteiger partial charge in [-0.25, -0.2) is 0 Å². The first kappa shape index (κ1) is 10.9. The summed E-state index contributed by atoms with van der Waals surface area (Å²) in [6, 6.07) is 10.0. The topological polar surface area (TPSA) is 17.1 Å². The molecule has 11 heavy (non-hydrogen) atoms. The summed E-state index contributed by atoms with van der Waals surface area (Å²) in [6.07, 6.45) is 2.45. The van der Waals surface area contributed by atoms with Crippen molar-refractivity contribution < 1.29 is 35.8 Å². The molecule has 0 saturated heterocycles. The van der Waals surface area contributed by atoms with Crippen LogP contribution in [0.3, 0.4) is 0 Å². The Balaban J connectivity index is 0. The molecule has 0 aliphatic rings. The number of carbonyl (C=O) groups excluding carboxylic acids is 1. The van der Waals surface area contributed by atoms with Crippen molar-refractivity contribution in [2.45, 2.75) is 12.8 Å². The van der Waals surface area contributed by atoms with Gasteiger partial charge in [0.05, 0.1) is 0 Å². The molecule has 1 aromatic rings. The number of aldehydes is 1. The molecule has 0 fully saturated rings. The average molecular weight is 158 g/mol. The van der Waals surface area contributed by atoms with Crippen LogP contribution in [0.5, 0.6) is 0 Å². The molecule has 1 aromatic carbocycles. The number of carbonyl (C=O) groups is 1. The maximum atomic E-state index is 9.98. The molecule has 0 atom stereocenters. The third-order valence-electron chi connectivity index (χ3n) is 1.39. The number of rotatable bonds is 3. The van der Waals surface area contributed by atoms with Gasteiger partial charge in [-0.2, -0.15) is 0 Å².